The summed E-state index contributed by atoms with van der Waals surface area (Å²) in [6, 6.07) is 28.5. The van der Waals surface area contributed by atoms with Crippen molar-refractivity contribution in [3.8, 4) is 33.7 Å². The first-order valence-corrected chi connectivity index (χ1v) is 9.71. The molecule has 0 radical (unpaired) electrons. The minimum absolute atomic E-state index is 0.574. The van der Waals surface area contributed by atoms with Crippen LogP contribution in [0, 0.1) is 0 Å². The van der Waals surface area contributed by atoms with E-state index in [0.717, 1.165) is 51.0 Å². The summed E-state index contributed by atoms with van der Waals surface area (Å²) >= 11 is 0. The Balaban J connectivity index is 1.37. The first kappa shape index (κ1) is 19.1. The van der Waals surface area contributed by atoms with Gasteiger partial charge in [-0.05, 0) is 58.7 Å². The molecular weight excluding hydrogens is 399 g/mol. The summed E-state index contributed by atoms with van der Waals surface area (Å²) in [6.07, 6.45) is -4.33. The Hall–Kier alpha value is -3.86. The molecule has 31 heavy (non-hydrogen) atoms. The highest BCUT2D eigenvalue weighted by molar-refractivity contribution is 5.77. The zero-order valence-electron chi connectivity index (χ0n) is 16.2. The van der Waals surface area contributed by atoms with Crippen LogP contribution in [0.15, 0.2) is 101 Å². The lowest BCUT2D eigenvalue weighted by molar-refractivity contribution is -0.137. The molecule has 152 valence electrons. The molecule has 0 atom stereocenters. The molecule has 2 nitrogen and oxygen atoms in total. The second kappa shape index (κ2) is 7.43. The van der Waals surface area contributed by atoms with E-state index < -0.39 is 11.7 Å². The average Bonchev–Trinajstić information content (AvgIpc) is 3.23. The lowest BCUT2D eigenvalue weighted by atomic mass is 9.99. The van der Waals surface area contributed by atoms with Gasteiger partial charge in [0.2, 0.25) is 5.89 Å². The number of oxazole rings is 1. The van der Waals surface area contributed by atoms with E-state index in [0.29, 0.717) is 5.89 Å². The van der Waals surface area contributed by atoms with Gasteiger partial charge < -0.3 is 4.42 Å². The van der Waals surface area contributed by atoms with E-state index in [-0.39, 0.29) is 0 Å². The summed E-state index contributed by atoms with van der Waals surface area (Å²) in [4.78, 5) is 4.51. The van der Waals surface area contributed by atoms with Crippen LogP contribution in [0.3, 0.4) is 0 Å². The third-order valence-corrected chi connectivity index (χ3v) is 5.19. The maximum absolute atomic E-state index is 12.7. The van der Waals surface area contributed by atoms with Crippen molar-refractivity contribution in [2.24, 2.45) is 0 Å². The highest BCUT2D eigenvalue weighted by atomic mass is 19.4. The number of aromatic nitrogens is 1. The number of hydrogen-bond acceptors (Lipinski definition) is 2. The Morgan fingerprint density at radius 2 is 1.00 bits per heavy atom. The van der Waals surface area contributed by atoms with Crippen molar-refractivity contribution in [3.63, 3.8) is 0 Å². The minimum atomic E-state index is -4.33. The molecule has 1 heterocycles. The molecule has 0 spiro atoms. The standard InChI is InChI=1S/C26H16F3NO/c27-26(28,29)22-15-13-20(14-16-22)18-7-5-17(6-8-18)19-9-11-21(12-10-19)25-30-23-3-1-2-4-24(23)31-25/h1-16H. The average molecular weight is 415 g/mol. The van der Waals surface area contributed by atoms with Gasteiger partial charge in [-0.25, -0.2) is 4.98 Å². The second-order valence-corrected chi connectivity index (χ2v) is 7.22. The van der Waals surface area contributed by atoms with Gasteiger partial charge in [0.1, 0.15) is 5.52 Å². The normalized spacial score (nSPS) is 11.7. The Labute approximate surface area is 176 Å². The van der Waals surface area contributed by atoms with Crippen molar-refractivity contribution in [3.05, 3.63) is 103 Å². The van der Waals surface area contributed by atoms with Gasteiger partial charge in [-0.2, -0.15) is 13.2 Å². The van der Waals surface area contributed by atoms with Crippen molar-refractivity contribution in [2.45, 2.75) is 6.18 Å². The van der Waals surface area contributed by atoms with Crippen molar-refractivity contribution in [1.29, 1.82) is 0 Å². The second-order valence-electron chi connectivity index (χ2n) is 7.22. The number of rotatable bonds is 3. The summed E-state index contributed by atoms with van der Waals surface area (Å²) in [5.41, 5.74) is 5.46. The summed E-state index contributed by atoms with van der Waals surface area (Å²) in [6.45, 7) is 0. The number of alkyl halides is 3. The number of para-hydroxylation sites is 2. The molecule has 4 aromatic carbocycles. The molecule has 0 saturated carbocycles. The first-order chi connectivity index (χ1) is 15.0. The molecule has 0 aliphatic carbocycles. The van der Waals surface area contributed by atoms with Gasteiger partial charge in [0.25, 0.3) is 0 Å². The fraction of sp³-hybridized carbons (Fsp3) is 0.0385. The highest BCUT2D eigenvalue weighted by Gasteiger charge is 2.29. The monoisotopic (exact) mass is 415 g/mol. The van der Waals surface area contributed by atoms with Gasteiger partial charge in [0.05, 0.1) is 5.56 Å². The van der Waals surface area contributed by atoms with Crippen molar-refractivity contribution < 1.29 is 17.6 Å². The molecule has 0 bridgehead atoms. The fourth-order valence-electron chi connectivity index (χ4n) is 3.51. The maximum atomic E-state index is 12.7. The molecule has 0 amide bonds. The smallest absolute Gasteiger partial charge is 0.416 e. The zero-order chi connectivity index (χ0) is 21.4. The number of hydrogen-bond donors (Lipinski definition) is 0. The third kappa shape index (κ3) is 3.82. The van der Waals surface area contributed by atoms with Crippen LogP contribution in [-0.2, 0) is 6.18 Å². The Bertz CT molecular complexity index is 1300. The summed E-state index contributed by atoms with van der Waals surface area (Å²) < 4.78 is 44.0. The van der Waals surface area contributed by atoms with Crippen LogP contribution in [0.4, 0.5) is 13.2 Å². The van der Waals surface area contributed by atoms with Crippen LogP contribution in [0.2, 0.25) is 0 Å². The van der Waals surface area contributed by atoms with Crippen LogP contribution in [0.5, 0.6) is 0 Å². The zero-order valence-corrected chi connectivity index (χ0v) is 16.2. The molecule has 5 heteroatoms. The molecule has 0 aliphatic heterocycles. The number of fused-ring (bicyclic) bond motifs is 1. The Morgan fingerprint density at radius 1 is 0.548 bits per heavy atom. The van der Waals surface area contributed by atoms with Gasteiger partial charge >= 0.3 is 6.18 Å². The molecule has 0 saturated heterocycles. The van der Waals surface area contributed by atoms with Crippen LogP contribution in [0.25, 0.3) is 44.8 Å². The van der Waals surface area contributed by atoms with E-state index in [1.807, 2.05) is 72.8 Å². The van der Waals surface area contributed by atoms with Gasteiger partial charge in [-0.1, -0.05) is 60.7 Å². The molecular formula is C26H16F3NO. The van der Waals surface area contributed by atoms with Crippen molar-refractivity contribution in [2.75, 3.05) is 0 Å². The van der Waals surface area contributed by atoms with E-state index in [2.05, 4.69) is 4.98 Å². The maximum Gasteiger partial charge on any atom is 0.416 e. The molecule has 5 aromatic rings. The van der Waals surface area contributed by atoms with Gasteiger partial charge in [-0.3, -0.25) is 0 Å². The fourth-order valence-corrected chi connectivity index (χ4v) is 3.51. The van der Waals surface area contributed by atoms with E-state index in [1.54, 1.807) is 0 Å². The van der Waals surface area contributed by atoms with Crippen LogP contribution < -0.4 is 0 Å². The Morgan fingerprint density at radius 3 is 1.48 bits per heavy atom. The van der Waals surface area contributed by atoms with E-state index >= 15 is 0 Å². The SMILES string of the molecule is FC(F)(F)c1ccc(-c2ccc(-c3ccc(-c4nc5ccccc5o4)cc3)cc2)cc1. The summed E-state index contributed by atoms with van der Waals surface area (Å²) in [5.74, 6) is 0.574. The molecule has 0 aliphatic rings. The lowest BCUT2D eigenvalue weighted by Crippen LogP contribution is -2.03. The minimum Gasteiger partial charge on any atom is -0.436 e. The summed E-state index contributed by atoms with van der Waals surface area (Å²) in [5, 5.41) is 0. The molecule has 0 unspecified atom stereocenters. The number of benzene rings is 4. The van der Waals surface area contributed by atoms with Crippen LogP contribution in [0.1, 0.15) is 5.56 Å². The van der Waals surface area contributed by atoms with E-state index in [1.165, 1.54) is 12.1 Å². The number of nitrogens with zero attached hydrogens (tertiary/aromatic N) is 1. The summed E-state index contributed by atoms with van der Waals surface area (Å²) in [7, 11) is 0. The van der Waals surface area contributed by atoms with E-state index in [4.69, 9.17) is 4.42 Å². The van der Waals surface area contributed by atoms with Gasteiger partial charge in [-0.15, -0.1) is 0 Å². The first-order valence-electron chi connectivity index (χ1n) is 9.71. The predicted molar refractivity (Wildman–Crippen MR) is 115 cm³/mol. The molecule has 5 rings (SSSR count). The molecule has 0 fully saturated rings. The van der Waals surface area contributed by atoms with E-state index in [9.17, 15) is 13.2 Å². The number of halogens is 3. The molecule has 1 aromatic heterocycles. The Kier molecular flexibility index (Phi) is 4.59. The lowest BCUT2D eigenvalue weighted by Gasteiger charge is -2.09. The van der Waals surface area contributed by atoms with Crippen LogP contribution >= 0.6 is 0 Å². The van der Waals surface area contributed by atoms with Gasteiger partial charge in [0.15, 0.2) is 5.58 Å². The third-order valence-electron chi connectivity index (χ3n) is 5.19. The van der Waals surface area contributed by atoms with Crippen LogP contribution in [-0.4, -0.2) is 4.98 Å². The quantitative estimate of drug-likeness (QED) is 0.300. The largest absolute Gasteiger partial charge is 0.436 e. The molecule has 0 N–H and O–H groups in total. The topological polar surface area (TPSA) is 26.0 Å². The van der Waals surface area contributed by atoms with Gasteiger partial charge in [0, 0.05) is 5.56 Å². The predicted octanol–water partition coefficient (Wildman–Crippen LogP) is 7.85. The van der Waals surface area contributed by atoms with Crippen molar-refractivity contribution >= 4 is 11.1 Å². The van der Waals surface area contributed by atoms with Crippen molar-refractivity contribution in [1.82, 2.24) is 4.98 Å². The highest BCUT2D eigenvalue weighted by Crippen LogP contribution is 2.32.